The molecule has 0 aromatic heterocycles. The molecule has 1 spiro atoms. The molecular formula is C18H24N2O4. The number of nitrogens with zero attached hydrogens (tertiary/aromatic N) is 1. The topological polar surface area (TPSA) is 89.9 Å². The molecule has 1 saturated heterocycles. The summed E-state index contributed by atoms with van der Waals surface area (Å²) in [6.07, 6.45) is 1.75. The molecule has 3 rings (SSSR count). The van der Waals surface area contributed by atoms with E-state index >= 15 is 0 Å². The van der Waals surface area contributed by atoms with Crippen LogP contribution in [0.5, 0.6) is 0 Å². The van der Waals surface area contributed by atoms with Crippen LogP contribution < -0.4 is 5.32 Å². The largest absolute Gasteiger partial charge is 0.480 e. The molecule has 6 nitrogen and oxygen atoms in total. The van der Waals surface area contributed by atoms with E-state index in [1.54, 1.807) is 0 Å². The molecule has 1 aromatic carbocycles. The number of amides is 1. The second kappa shape index (κ2) is 6.09. The van der Waals surface area contributed by atoms with Crippen LogP contribution >= 0.6 is 0 Å². The molecule has 0 bridgehead atoms. The highest BCUT2D eigenvalue weighted by Gasteiger charge is 2.59. The number of rotatable bonds is 4. The quantitative estimate of drug-likeness (QED) is 0.789. The average Bonchev–Trinajstić information content (AvgIpc) is 2.54. The zero-order valence-electron chi connectivity index (χ0n) is 13.9. The van der Waals surface area contributed by atoms with Gasteiger partial charge in [0.25, 0.3) is 0 Å². The van der Waals surface area contributed by atoms with Crippen LogP contribution in [0, 0.1) is 5.41 Å². The lowest BCUT2D eigenvalue weighted by Crippen LogP contribution is -2.67. The fourth-order valence-corrected chi connectivity index (χ4v) is 4.31. The van der Waals surface area contributed by atoms with Crippen molar-refractivity contribution >= 4 is 12.1 Å². The van der Waals surface area contributed by atoms with Crippen molar-refractivity contribution in [3.05, 3.63) is 35.9 Å². The van der Waals surface area contributed by atoms with E-state index in [0.29, 0.717) is 25.9 Å². The fourth-order valence-electron chi connectivity index (χ4n) is 4.31. The zero-order chi connectivity index (χ0) is 17.4. The molecule has 0 unspecified atom stereocenters. The number of hydrogen-bond donors (Lipinski definition) is 3. The minimum Gasteiger partial charge on any atom is -0.480 e. The molecule has 6 heteroatoms. The summed E-state index contributed by atoms with van der Waals surface area (Å²) in [4.78, 5) is 24.4. The van der Waals surface area contributed by atoms with Crippen LogP contribution in [0.4, 0.5) is 4.79 Å². The number of carboxylic acids is 1. The summed E-state index contributed by atoms with van der Waals surface area (Å²) >= 11 is 0. The molecule has 2 fully saturated rings. The molecule has 1 atom stereocenters. The Morgan fingerprint density at radius 2 is 1.71 bits per heavy atom. The van der Waals surface area contributed by atoms with Gasteiger partial charge in [-0.25, -0.2) is 4.79 Å². The van der Waals surface area contributed by atoms with Gasteiger partial charge in [0, 0.05) is 19.1 Å². The van der Waals surface area contributed by atoms with Crippen molar-refractivity contribution in [2.75, 3.05) is 13.1 Å². The van der Waals surface area contributed by atoms with E-state index in [1.165, 1.54) is 4.90 Å². The molecular weight excluding hydrogens is 308 g/mol. The highest BCUT2D eigenvalue weighted by Crippen LogP contribution is 2.55. The Hall–Kier alpha value is -2.08. The summed E-state index contributed by atoms with van der Waals surface area (Å²) in [6, 6.07) is 9.78. The van der Waals surface area contributed by atoms with Gasteiger partial charge >= 0.3 is 12.1 Å². The Kier molecular flexibility index (Phi) is 4.25. The zero-order valence-corrected chi connectivity index (χ0v) is 13.9. The lowest BCUT2D eigenvalue weighted by Gasteiger charge is -2.57. The van der Waals surface area contributed by atoms with Crippen LogP contribution in [0.1, 0.15) is 44.2 Å². The van der Waals surface area contributed by atoms with Gasteiger partial charge in [0.1, 0.15) is 5.54 Å². The minimum absolute atomic E-state index is 0.0340. The number of nitrogens with one attached hydrogen (secondary N) is 1. The van der Waals surface area contributed by atoms with Gasteiger partial charge in [-0.15, -0.1) is 0 Å². The lowest BCUT2D eigenvalue weighted by atomic mass is 9.53. The normalized spacial score (nSPS) is 22.6. The third-order valence-corrected chi connectivity index (χ3v) is 5.65. The van der Waals surface area contributed by atoms with Crippen molar-refractivity contribution in [1.82, 2.24) is 10.2 Å². The van der Waals surface area contributed by atoms with Gasteiger partial charge in [-0.2, -0.15) is 0 Å². The second-order valence-corrected chi connectivity index (χ2v) is 7.29. The number of carbonyl (C=O) groups is 2. The minimum atomic E-state index is -0.902. The van der Waals surface area contributed by atoms with E-state index in [0.717, 1.165) is 18.4 Å². The second-order valence-electron chi connectivity index (χ2n) is 7.29. The molecule has 1 aromatic rings. The highest BCUT2D eigenvalue weighted by atomic mass is 16.4. The van der Waals surface area contributed by atoms with Crippen molar-refractivity contribution in [3.8, 4) is 0 Å². The Morgan fingerprint density at radius 3 is 2.21 bits per heavy atom. The Balaban J connectivity index is 1.66. The molecule has 1 aliphatic carbocycles. The third-order valence-electron chi connectivity index (χ3n) is 5.65. The van der Waals surface area contributed by atoms with Crippen molar-refractivity contribution in [1.29, 1.82) is 0 Å². The first-order valence-electron chi connectivity index (χ1n) is 8.40. The molecule has 130 valence electrons. The van der Waals surface area contributed by atoms with Crippen LogP contribution in [-0.4, -0.2) is 45.8 Å². The van der Waals surface area contributed by atoms with E-state index in [-0.39, 0.29) is 11.5 Å². The molecule has 1 aliphatic heterocycles. The summed E-state index contributed by atoms with van der Waals surface area (Å²) in [6.45, 7) is 2.98. The lowest BCUT2D eigenvalue weighted by molar-refractivity contribution is -0.160. The van der Waals surface area contributed by atoms with Crippen LogP contribution in [0.25, 0.3) is 0 Å². The molecule has 0 radical (unpaired) electrons. The maximum absolute atomic E-state index is 11.9. The maximum Gasteiger partial charge on any atom is 0.407 e. The summed E-state index contributed by atoms with van der Waals surface area (Å²) in [5, 5.41) is 22.1. The van der Waals surface area contributed by atoms with Crippen LogP contribution in [0.15, 0.2) is 30.3 Å². The first-order chi connectivity index (χ1) is 11.4. The Labute approximate surface area is 141 Å². The van der Waals surface area contributed by atoms with E-state index in [9.17, 15) is 14.7 Å². The number of aliphatic carboxylic acids is 1. The smallest absolute Gasteiger partial charge is 0.407 e. The van der Waals surface area contributed by atoms with Crippen molar-refractivity contribution < 1.29 is 19.8 Å². The van der Waals surface area contributed by atoms with Gasteiger partial charge in [-0.05, 0) is 43.6 Å². The summed E-state index contributed by atoms with van der Waals surface area (Å²) in [5.74, 6) is -0.809. The molecule has 24 heavy (non-hydrogen) atoms. The number of carboxylic acid groups (broad SMARTS) is 2. The number of likely N-dealkylation sites (tertiary alicyclic amines) is 1. The summed E-state index contributed by atoms with van der Waals surface area (Å²) in [7, 11) is 0. The summed E-state index contributed by atoms with van der Waals surface area (Å²) in [5.41, 5.74) is 0.133. The number of piperidine rings is 1. The number of benzene rings is 1. The number of hydrogen-bond acceptors (Lipinski definition) is 3. The van der Waals surface area contributed by atoms with Crippen molar-refractivity contribution in [3.63, 3.8) is 0 Å². The van der Waals surface area contributed by atoms with Crippen LogP contribution in [0.2, 0.25) is 0 Å². The standard InChI is InChI=1S/C18H24N2O4/c1-13(14-5-3-2-4-6-14)19-18(15(21)22)11-17(12-18)7-9-20(10-8-17)16(23)24/h2-6,13,19H,7-12H2,1H3,(H,21,22)(H,23,24)/t13-/m0/s1. The highest BCUT2D eigenvalue weighted by molar-refractivity contribution is 5.80. The predicted octanol–water partition coefficient (Wildman–Crippen LogP) is 2.71. The summed E-state index contributed by atoms with van der Waals surface area (Å²) < 4.78 is 0. The van der Waals surface area contributed by atoms with Gasteiger partial charge in [0.05, 0.1) is 0 Å². The fraction of sp³-hybridized carbons (Fsp3) is 0.556. The Bertz CT molecular complexity index is 615. The average molecular weight is 332 g/mol. The van der Waals surface area contributed by atoms with Crippen molar-refractivity contribution in [2.45, 2.75) is 44.2 Å². The van der Waals surface area contributed by atoms with Gasteiger partial charge in [0.2, 0.25) is 0 Å². The van der Waals surface area contributed by atoms with Gasteiger partial charge in [-0.3, -0.25) is 10.1 Å². The molecule has 1 amide bonds. The van der Waals surface area contributed by atoms with Crippen LogP contribution in [-0.2, 0) is 4.79 Å². The molecule has 3 N–H and O–H groups in total. The predicted molar refractivity (Wildman–Crippen MR) is 88.9 cm³/mol. The SMILES string of the molecule is C[C@H](NC1(C(=O)O)CC2(CCN(C(=O)O)CC2)C1)c1ccccc1. The van der Waals surface area contributed by atoms with E-state index in [2.05, 4.69) is 5.32 Å². The van der Waals surface area contributed by atoms with Gasteiger partial charge in [0.15, 0.2) is 0 Å². The Morgan fingerprint density at radius 1 is 1.12 bits per heavy atom. The monoisotopic (exact) mass is 332 g/mol. The third kappa shape index (κ3) is 2.98. The van der Waals surface area contributed by atoms with Gasteiger partial charge in [-0.1, -0.05) is 30.3 Å². The van der Waals surface area contributed by atoms with Crippen molar-refractivity contribution in [2.24, 2.45) is 5.41 Å². The maximum atomic E-state index is 11.9. The molecule has 2 aliphatic rings. The van der Waals surface area contributed by atoms with E-state index in [1.807, 2.05) is 37.3 Å². The molecule has 1 saturated carbocycles. The van der Waals surface area contributed by atoms with Crippen LogP contribution in [0.3, 0.4) is 0 Å². The molecule has 1 heterocycles. The first kappa shape index (κ1) is 16.8. The van der Waals surface area contributed by atoms with Gasteiger partial charge < -0.3 is 15.1 Å². The van der Waals surface area contributed by atoms with E-state index in [4.69, 9.17) is 5.11 Å². The first-order valence-corrected chi connectivity index (χ1v) is 8.40. The van der Waals surface area contributed by atoms with E-state index < -0.39 is 17.6 Å².